The molecular weight excluding hydrogens is 464 g/mol. The average molecular weight is 487 g/mol. The van der Waals surface area contributed by atoms with Crippen molar-refractivity contribution in [2.24, 2.45) is 0 Å². The van der Waals surface area contributed by atoms with Crippen molar-refractivity contribution in [3.05, 3.63) is 133 Å². The van der Waals surface area contributed by atoms with E-state index in [0.29, 0.717) is 5.82 Å². The van der Waals surface area contributed by atoms with Crippen molar-refractivity contribution < 1.29 is 0 Å². The Kier molecular flexibility index (Phi) is 4.49. The van der Waals surface area contributed by atoms with Crippen LogP contribution < -0.4 is 0 Å². The van der Waals surface area contributed by atoms with Gasteiger partial charge in [-0.1, -0.05) is 103 Å². The number of benzene rings is 5. The molecule has 178 valence electrons. The number of nitrogens with zero attached hydrogens (tertiary/aromatic N) is 4. The monoisotopic (exact) mass is 486 g/mol. The van der Waals surface area contributed by atoms with E-state index in [9.17, 15) is 0 Å². The third-order valence-corrected chi connectivity index (χ3v) is 7.34. The van der Waals surface area contributed by atoms with Crippen molar-refractivity contribution in [2.75, 3.05) is 0 Å². The third kappa shape index (κ3) is 2.98. The fraction of sp³-hybridized carbons (Fsp3) is 0. The smallest absolute Gasteiger partial charge is 0.163 e. The largest absolute Gasteiger partial charge is 0.294 e. The molecule has 0 aliphatic carbocycles. The first-order chi connectivity index (χ1) is 18.9. The summed E-state index contributed by atoms with van der Waals surface area (Å²) in [5.41, 5.74) is 6.32. The van der Waals surface area contributed by atoms with Gasteiger partial charge in [0, 0.05) is 27.4 Å². The molecule has 0 fully saturated rings. The van der Waals surface area contributed by atoms with Crippen molar-refractivity contribution in [1.29, 1.82) is 0 Å². The number of aromatic nitrogens is 4. The fourth-order valence-corrected chi connectivity index (χ4v) is 5.70. The molecule has 0 N–H and O–H groups in total. The van der Waals surface area contributed by atoms with Crippen molar-refractivity contribution in [3.63, 3.8) is 0 Å². The van der Waals surface area contributed by atoms with Crippen LogP contribution in [0.2, 0.25) is 0 Å². The maximum atomic E-state index is 5.31. The SMILES string of the molecule is c1ccc(-c2nc(-n3c4ccccc4c4ccccc43)c3c4ccccc4n(-c4ccccc4)c3n2)cc1. The lowest BCUT2D eigenvalue weighted by Gasteiger charge is -2.12. The Bertz CT molecular complexity index is 2070. The molecule has 0 unspecified atom stereocenters. The molecule has 8 aromatic rings. The lowest BCUT2D eigenvalue weighted by molar-refractivity contribution is 1.05. The minimum atomic E-state index is 0.704. The summed E-state index contributed by atoms with van der Waals surface area (Å²) in [6.45, 7) is 0. The molecule has 0 saturated carbocycles. The van der Waals surface area contributed by atoms with Gasteiger partial charge < -0.3 is 0 Å². The molecule has 3 aromatic heterocycles. The first-order valence-corrected chi connectivity index (χ1v) is 12.8. The van der Waals surface area contributed by atoms with Gasteiger partial charge in [0.05, 0.1) is 21.9 Å². The molecule has 0 aliphatic rings. The van der Waals surface area contributed by atoms with Gasteiger partial charge in [-0.3, -0.25) is 9.13 Å². The number of hydrogen-bond acceptors (Lipinski definition) is 2. The minimum absolute atomic E-state index is 0.704. The van der Waals surface area contributed by atoms with Gasteiger partial charge in [-0.25, -0.2) is 9.97 Å². The van der Waals surface area contributed by atoms with Crippen molar-refractivity contribution in [2.45, 2.75) is 0 Å². The lowest BCUT2D eigenvalue weighted by Crippen LogP contribution is -2.04. The summed E-state index contributed by atoms with van der Waals surface area (Å²) in [4.78, 5) is 10.5. The highest BCUT2D eigenvalue weighted by atomic mass is 15.1. The minimum Gasteiger partial charge on any atom is -0.294 e. The van der Waals surface area contributed by atoms with Crippen LogP contribution in [0.4, 0.5) is 0 Å². The van der Waals surface area contributed by atoms with Gasteiger partial charge in [0.1, 0.15) is 0 Å². The highest BCUT2D eigenvalue weighted by molar-refractivity contribution is 6.15. The van der Waals surface area contributed by atoms with Crippen LogP contribution >= 0.6 is 0 Å². The molecule has 0 atom stereocenters. The van der Waals surface area contributed by atoms with Gasteiger partial charge in [0.2, 0.25) is 0 Å². The van der Waals surface area contributed by atoms with E-state index >= 15 is 0 Å². The number of hydrogen-bond donors (Lipinski definition) is 0. The Hall–Kier alpha value is -5.22. The molecule has 0 saturated heterocycles. The van der Waals surface area contributed by atoms with Crippen LogP contribution in [0.1, 0.15) is 0 Å². The summed E-state index contributed by atoms with van der Waals surface area (Å²) in [5, 5.41) is 4.59. The van der Waals surface area contributed by atoms with Gasteiger partial charge in [-0.2, -0.15) is 0 Å². The van der Waals surface area contributed by atoms with Crippen molar-refractivity contribution in [1.82, 2.24) is 19.1 Å². The summed E-state index contributed by atoms with van der Waals surface area (Å²) in [6.07, 6.45) is 0. The second-order valence-electron chi connectivity index (χ2n) is 9.49. The van der Waals surface area contributed by atoms with E-state index in [4.69, 9.17) is 9.97 Å². The standard InChI is InChI=1S/C34H22N4/c1-3-13-23(14-4-1)32-35-33-31(27-19-9-12-22-30(27)37(33)24-15-5-2-6-16-24)34(36-32)38-28-20-10-7-17-25(28)26-18-8-11-21-29(26)38/h1-22H. The van der Waals surface area contributed by atoms with Crippen LogP contribution in [0.5, 0.6) is 0 Å². The summed E-state index contributed by atoms with van der Waals surface area (Å²) in [5.74, 6) is 1.59. The Balaban J connectivity index is 1.62. The Morgan fingerprint density at radius 3 is 1.55 bits per heavy atom. The van der Waals surface area contributed by atoms with Crippen LogP contribution in [0.25, 0.3) is 66.6 Å². The zero-order valence-electron chi connectivity index (χ0n) is 20.5. The molecule has 5 aromatic carbocycles. The van der Waals surface area contributed by atoms with Crippen LogP contribution in [0, 0.1) is 0 Å². The van der Waals surface area contributed by atoms with E-state index in [0.717, 1.165) is 50.0 Å². The first kappa shape index (κ1) is 20.9. The predicted octanol–water partition coefficient (Wildman–Crippen LogP) is 8.34. The van der Waals surface area contributed by atoms with Crippen LogP contribution in [0.15, 0.2) is 133 Å². The van der Waals surface area contributed by atoms with E-state index in [1.165, 1.54) is 10.8 Å². The normalized spacial score (nSPS) is 11.7. The topological polar surface area (TPSA) is 35.6 Å². The first-order valence-electron chi connectivity index (χ1n) is 12.8. The Labute approximate surface area is 219 Å². The molecule has 4 heteroatoms. The molecule has 4 nitrogen and oxygen atoms in total. The summed E-state index contributed by atoms with van der Waals surface area (Å²) in [6, 6.07) is 46.4. The van der Waals surface area contributed by atoms with E-state index in [1.807, 2.05) is 24.3 Å². The molecule has 8 rings (SSSR count). The second kappa shape index (κ2) is 8.15. The summed E-state index contributed by atoms with van der Waals surface area (Å²) in [7, 11) is 0. The molecule has 0 amide bonds. The Morgan fingerprint density at radius 1 is 0.421 bits per heavy atom. The highest BCUT2D eigenvalue weighted by Gasteiger charge is 2.23. The average Bonchev–Trinajstić information content (AvgIpc) is 3.51. The van der Waals surface area contributed by atoms with Gasteiger partial charge in [0.25, 0.3) is 0 Å². The van der Waals surface area contributed by atoms with E-state index in [2.05, 4.69) is 118 Å². The summed E-state index contributed by atoms with van der Waals surface area (Å²) >= 11 is 0. The van der Waals surface area contributed by atoms with Gasteiger partial charge in [-0.05, 0) is 30.3 Å². The molecule has 0 radical (unpaired) electrons. The number of fused-ring (bicyclic) bond motifs is 6. The second-order valence-corrected chi connectivity index (χ2v) is 9.49. The van der Waals surface area contributed by atoms with Crippen LogP contribution in [-0.2, 0) is 0 Å². The van der Waals surface area contributed by atoms with Gasteiger partial charge >= 0.3 is 0 Å². The van der Waals surface area contributed by atoms with Crippen molar-refractivity contribution >= 4 is 43.7 Å². The Morgan fingerprint density at radius 2 is 0.921 bits per heavy atom. The van der Waals surface area contributed by atoms with E-state index in [-0.39, 0.29) is 0 Å². The third-order valence-electron chi connectivity index (χ3n) is 7.34. The highest BCUT2D eigenvalue weighted by Crippen LogP contribution is 2.39. The summed E-state index contributed by atoms with van der Waals surface area (Å²) < 4.78 is 4.57. The lowest BCUT2D eigenvalue weighted by atomic mass is 10.1. The molecule has 38 heavy (non-hydrogen) atoms. The molecule has 3 heterocycles. The van der Waals surface area contributed by atoms with E-state index in [1.54, 1.807) is 0 Å². The molecule has 0 spiro atoms. The van der Waals surface area contributed by atoms with Crippen LogP contribution in [-0.4, -0.2) is 19.1 Å². The molecule has 0 bridgehead atoms. The number of rotatable bonds is 3. The van der Waals surface area contributed by atoms with Gasteiger partial charge in [0.15, 0.2) is 17.3 Å². The molecular formula is C34H22N4. The zero-order valence-corrected chi connectivity index (χ0v) is 20.5. The number of para-hydroxylation sites is 4. The maximum absolute atomic E-state index is 5.31. The zero-order chi connectivity index (χ0) is 25.1. The molecule has 0 aliphatic heterocycles. The predicted molar refractivity (Wildman–Crippen MR) is 156 cm³/mol. The van der Waals surface area contributed by atoms with Crippen molar-refractivity contribution in [3.8, 4) is 22.9 Å². The van der Waals surface area contributed by atoms with E-state index < -0.39 is 0 Å². The fourth-order valence-electron chi connectivity index (χ4n) is 5.70. The van der Waals surface area contributed by atoms with Gasteiger partial charge in [-0.15, -0.1) is 0 Å². The quantitative estimate of drug-likeness (QED) is 0.252. The van der Waals surface area contributed by atoms with Crippen LogP contribution in [0.3, 0.4) is 0 Å². The maximum Gasteiger partial charge on any atom is 0.163 e.